The minimum absolute atomic E-state index is 0.138. The number of piperidine rings is 1. The number of anilines is 4. The lowest BCUT2D eigenvalue weighted by atomic mass is 10.1. The van der Waals surface area contributed by atoms with E-state index < -0.39 is 5.97 Å². The number of morpholine rings is 1. The highest BCUT2D eigenvalue weighted by Gasteiger charge is 2.27. The molecule has 3 N–H and O–H groups in total. The molecule has 3 saturated heterocycles. The molecule has 0 bridgehead atoms. The first kappa shape index (κ1) is 26.7. The number of ether oxygens (including phenoxy) is 2. The number of esters is 1. The minimum Gasteiger partial charge on any atom is -0.459 e. The van der Waals surface area contributed by atoms with Crippen molar-refractivity contribution in [2.45, 2.75) is 31.8 Å². The third kappa shape index (κ3) is 5.81. The van der Waals surface area contributed by atoms with Crippen molar-refractivity contribution in [3.63, 3.8) is 0 Å². The van der Waals surface area contributed by atoms with Crippen LogP contribution in [0.25, 0.3) is 10.3 Å². The second-order valence-corrected chi connectivity index (χ2v) is 11.2. The number of pyridine rings is 2. The van der Waals surface area contributed by atoms with Crippen LogP contribution in [0.1, 0.15) is 36.2 Å². The van der Waals surface area contributed by atoms with E-state index in [1.54, 1.807) is 17.4 Å². The van der Waals surface area contributed by atoms with Gasteiger partial charge in [0.25, 0.3) is 5.91 Å². The van der Waals surface area contributed by atoms with Crippen LogP contribution in [-0.2, 0) is 14.3 Å². The maximum Gasteiger partial charge on any atom is 0.320 e. The molecule has 1 atom stereocenters. The molecule has 1 amide bonds. The van der Waals surface area contributed by atoms with Crippen LogP contribution < -0.4 is 25.8 Å². The molecule has 3 fully saturated rings. The molecule has 3 aliphatic rings. The summed E-state index contributed by atoms with van der Waals surface area (Å²) >= 11 is 1.58. The van der Waals surface area contributed by atoms with Crippen molar-refractivity contribution in [2.75, 3.05) is 79.0 Å². The highest BCUT2D eigenvalue weighted by molar-refractivity contribution is 7.22. The van der Waals surface area contributed by atoms with Gasteiger partial charge in [0.15, 0.2) is 16.6 Å². The quantitative estimate of drug-likeness (QED) is 0.407. The smallest absolute Gasteiger partial charge is 0.320 e. The Hall–Kier alpha value is -3.55. The Balaban J connectivity index is 1.24. The first-order chi connectivity index (χ1) is 19.6. The third-order valence-electron chi connectivity index (χ3n) is 7.44. The number of nitrogens with one attached hydrogen (secondary N) is 1. The third-order valence-corrected chi connectivity index (χ3v) is 8.49. The van der Waals surface area contributed by atoms with Crippen LogP contribution in [0.3, 0.4) is 0 Å². The molecule has 6 rings (SSSR count). The van der Waals surface area contributed by atoms with E-state index in [0.717, 1.165) is 54.7 Å². The standard InChI is InChI=1S/C27H34N8O4S/c28-16-23(36)39-18-7-10-35(17-18)22-6-4-5-19(29-22)26(37)30-20-15-21-24(31-25(20)33-8-2-1-3-9-33)32-27(40-21)34-11-13-38-14-12-34/h4-6,15,18H,1-3,7-14,16-17,28H2,(H,30,37)/t18-/m0/s1. The van der Waals surface area contributed by atoms with E-state index in [2.05, 4.69) is 20.1 Å². The van der Waals surface area contributed by atoms with Crippen molar-refractivity contribution < 1.29 is 19.1 Å². The zero-order valence-corrected chi connectivity index (χ0v) is 23.2. The first-order valence-corrected chi connectivity index (χ1v) is 14.7. The zero-order chi connectivity index (χ0) is 27.5. The van der Waals surface area contributed by atoms with Gasteiger partial charge in [0.1, 0.15) is 17.6 Å². The highest BCUT2D eigenvalue weighted by atomic mass is 32.1. The Kier molecular flexibility index (Phi) is 7.93. The zero-order valence-electron chi connectivity index (χ0n) is 22.4. The summed E-state index contributed by atoms with van der Waals surface area (Å²) in [7, 11) is 0. The Labute approximate surface area is 236 Å². The van der Waals surface area contributed by atoms with Crippen molar-refractivity contribution in [3.05, 3.63) is 30.0 Å². The number of hydrogen-bond donors (Lipinski definition) is 2. The number of thiazole rings is 1. The van der Waals surface area contributed by atoms with Crippen molar-refractivity contribution in [1.82, 2.24) is 15.0 Å². The summed E-state index contributed by atoms with van der Waals surface area (Å²) in [5.41, 5.74) is 7.05. The first-order valence-electron chi connectivity index (χ1n) is 13.9. The van der Waals surface area contributed by atoms with Gasteiger partial charge in [-0.3, -0.25) is 9.59 Å². The SMILES string of the molecule is NCC(=O)O[C@H]1CCN(c2cccc(C(=O)Nc3cc4sc(N5CCOCC5)nc4nc3N3CCCCC3)n2)C1. The van der Waals surface area contributed by atoms with Crippen LogP contribution in [0.5, 0.6) is 0 Å². The van der Waals surface area contributed by atoms with Crippen molar-refractivity contribution in [3.8, 4) is 0 Å². The predicted octanol–water partition coefficient (Wildman–Crippen LogP) is 2.25. The van der Waals surface area contributed by atoms with Crippen LogP contribution in [0.15, 0.2) is 24.3 Å². The Morgan fingerprint density at radius 2 is 1.85 bits per heavy atom. The summed E-state index contributed by atoms with van der Waals surface area (Å²) < 4.78 is 11.8. The van der Waals surface area contributed by atoms with Gasteiger partial charge in [-0.15, -0.1) is 0 Å². The summed E-state index contributed by atoms with van der Waals surface area (Å²) in [6.45, 7) is 5.81. The average molecular weight is 567 g/mol. The number of amides is 1. The molecule has 0 spiro atoms. The summed E-state index contributed by atoms with van der Waals surface area (Å²) in [6.07, 6.45) is 3.82. The summed E-state index contributed by atoms with van der Waals surface area (Å²) in [4.78, 5) is 46.0. The maximum atomic E-state index is 13.5. The Morgan fingerprint density at radius 3 is 2.65 bits per heavy atom. The van der Waals surface area contributed by atoms with Gasteiger partial charge in [-0.25, -0.2) is 9.97 Å². The molecule has 0 saturated carbocycles. The molecular weight excluding hydrogens is 532 g/mol. The topological polar surface area (TPSA) is 139 Å². The average Bonchev–Trinajstić information content (AvgIpc) is 3.64. The van der Waals surface area contributed by atoms with E-state index in [-0.39, 0.29) is 18.6 Å². The molecule has 12 nitrogen and oxygen atoms in total. The van der Waals surface area contributed by atoms with Gasteiger partial charge in [0.05, 0.1) is 36.7 Å². The second-order valence-electron chi connectivity index (χ2n) is 10.2. The maximum absolute atomic E-state index is 13.5. The van der Waals surface area contributed by atoms with Gasteiger partial charge in [0.2, 0.25) is 0 Å². The fourth-order valence-electron chi connectivity index (χ4n) is 5.35. The van der Waals surface area contributed by atoms with Crippen LogP contribution in [0.2, 0.25) is 0 Å². The minimum atomic E-state index is -0.416. The normalized spacial score (nSPS) is 19.7. The largest absolute Gasteiger partial charge is 0.459 e. The molecule has 0 aromatic carbocycles. The van der Waals surface area contributed by atoms with E-state index >= 15 is 0 Å². The highest BCUT2D eigenvalue weighted by Crippen LogP contribution is 2.35. The number of nitrogens with zero attached hydrogens (tertiary/aromatic N) is 6. The van der Waals surface area contributed by atoms with Crippen LogP contribution >= 0.6 is 11.3 Å². The van der Waals surface area contributed by atoms with Gasteiger partial charge < -0.3 is 35.2 Å². The predicted molar refractivity (Wildman–Crippen MR) is 154 cm³/mol. The number of fused-ring (bicyclic) bond motifs is 1. The van der Waals surface area contributed by atoms with Gasteiger partial charge in [-0.05, 0) is 37.5 Å². The molecule has 0 aliphatic carbocycles. The molecule has 3 aromatic rings. The summed E-state index contributed by atoms with van der Waals surface area (Å²) in [6, 6.07) is 7.38. The molecule has 212 valence electrons. The van der Waals surface area contributed by atoms with E-state index in [9.17, 15) is 9.59 Å². The van der Waals surface area contributed by atoms with E-state index in [4.69, 9.17) is 25.2 Å². The number of aromatic nitrogens is 3. The molecule has 3 aliphatic heterocycles. The summed E-state index contributed by atoms with van der Waals surface area (Å²) in [5.74, 6) is 0.701. The summed E-state index contributed by atoms with van der Waals surface area (Å²) in [5, 5.41) is 4.03. The van der Waals surface area contributed by atoms with Crippen LogP contribution in [-0.4, -0.2) is 92.0 Å². The van der Waals surface area contributed by atoms with Crippen molar-refractivity contribution in [2.24, 2.45) is 5.73 Å². The molecule has 13 heteroatoms. The fourth-order valence-corrected chi connectivity index (χ4v) is 6.35. The molecule has 6 heterocycles. The number of rotatable bonds is 7. The Morgan fingerprint density at radius 1 is 1.02 bits per heavy atom. The van der Waals surface area contributed by atoms with E-state index in [0.29, 0.717) is 55.6 Å². The van der Waals surface area contributed by atoms with Crippen LogP contribution in [0.4, 0.5) is 22.5 Å². The van der Waals surface area contributed by atoms with Crippen molar-refractivity contribution in [1.29, 1.82) is 0 Å². The Bertz CT molecular complexity index is 1370. The molecule has 0 radical (unpaired) electrons. The fraction of sp³-hybridized carbons (Fsp3) is 0.519. The van der Waals surface area contributed by atoms with Gasteiger partial charge in [0, 0.05) is 39.1 Å². The van der Waals surface area contributed by atoms with Crippen LogP contribution in [0, 0.1) is 0 Å². The van der Waals surface area contributed by atoms with E-state index in [1.165, 1.54) is 6.42 Å². The number of nitrogens with two attached hydrogens (primary N) is 1. The second kappa shape index (κ2) is 11.9. The van der Waals surface area contributed by atoms with Gasteiger partial charge in [-0.2, -0.15) is 4.98 Å². The molecule has 3 aromatic heterocycles. The van der Waals surface area contributed by atoms with Gasteiger partial charge in [-0.1, -0.05) is 17.4 Å². The molecular formula is C27H34N8O4S. The number of hydrogen-bond acceptors (Lipinski definition) is 12. The van der Waals surface area contributed by atoms with Crippen molar-refractivity contribution >= 4 is 56.0 Å². The lowest BCUT2D eigenvalue weighted by Gasteiger charge is -2.29. The lowest BCUT2D eigenvalue weighted by molar-refractivity contribution is -0.146. The van der Waals surface area contributed by atoms with Gasteiger partial charge >= 0.3 is 5.97 Å². The molecule has 40 heavy (non-hydrogen) atoms. The lowest BCUT2D eigenvalue weighted by Crippen LogP contribution is -2.36. The number of carbonyl (C=O) groups is 2. The van der Waals surface area contributed by atoms with E-state index in [1.807, 2.05) is 23.1 Å². The molecule has 0 unspecified atom stereocenters. The number of carbonyl (C=O) groups excluding carboxylic acids is 2. The monoisotopic (exact) mass is 566 g/mol.